The summed E-state index contributed by atoms with van der Waals surface area (Å²) >= 11 is 0. The van der Waals surface area contributed by atoms with Gasteiger partial charge in [0.2, 0.25) is 11.7 Å². The molecule has 0 saturated carbocycles. The lowest BCUT2D eigenvalue weighted by molar-refractivity contribution is -0.116. The SMILES string of the molecule is CC(=O)N1C(=Cc2cc(-c3ccncc3)c3cc(C(=O)N4CCOCC4)ccc3n2)C(=O)c2ccccc21. The minimum atomic E-state index is -0.254. The van der Waals surface area contributed by atoms with Crippen LogP contribution in [0.25, 0.3) is 28.1 Å². The molecule has 2 aromatic carbocycles. The zero-order chi connectivity index (χ0) is 26.2. The summed E-state index contributed by atoms with van der Waals surface area (Å²) in [5, 5.41) is 0.807. The van der Waals surface area contributed by atoms with Gasteiger partial charge in [0.25, 0.3) is 5.91 Å². The van der Waals surface area contributed by atoms with E-state index in [1.54, 1.807) is 53.7 Å². The second-order valence-corrected chi connectivity index (χ2v) is 9.20. The Morgan fingerprint density at radius 3 is 2.47 bits per heavy atom. The highest BCUT2D eigenvalue weighted by molar-refractivity contribution is 6.26. The van der Waals surface area contributed by atoms with Crippen LogP contribution < -0.4 is 4.90 Å². The van der Waals surface area contributed by atoms with Crippen LogP contribution in [0.3, 0.4) is 0 Å². The second kappa shape index (κ2) is 9.64. The van der Waals surface area contributed by atoms with Crippen LogP contribution in [0.5, 0.6) is 0 Å². The molecule has 0 N–H and O–H groups in total. The Morgan fingerprint density at radius 2 is 1.71 bits per heavy atom. The standard InChI is InChI=1S/C30H24N4O4/c1-19(35)34-27-5-3-2-4-23(27)29(36)28(34)18-22-17-24(20-8-10-31-11-9-20)25-16-21(6-7-26(25)32-22)30(37)33-12-14-38-15-13-33/h2-11,16-18H,12-15H2,1H3. The largest absolute Gasteiger partial charge is 0.378 e. The Bertz CT molecular complexity index is 1620. The van der Waals surface area contributed by atoms with Gasteiger partial charge in [-0.15, -0.1) is 0 Å². The molecule has 2 amide bonds. The molecule has 0 radical (unpaired) electrons. The van der Waals surface area contributed by atoms with Crippen molar-refractivity contribution in [2.24, 2.45) is 0 Å². The Kier molecular flexibility index (Phi) is 6.01. The monoisotopic (exact) mass is 504 g/mol. The van der Waals surface area contributed by atoms with Crippen molar-refractivity contribution in [1.82, 2.24) is 14.9 Å². The van der Waals surface area contributed by atoms with E-state index in [2.05, 4.69) is 4.98 Å². The van der Waals surface area contributed by atoms with Gasteiger partial charge in [-0.2, -0.15) is 0 Å². The van der Waals surface area contributed by atoms with E-state index in [9.17, 15) is 14.4 Å². The first-order valence-corrected chi connectivity index (χ1v) is 12.4. The number of anilines is 1. The molecular weight excluding hydrogens is 480 g/mol. The lowest BCUT2D eigenvalue weighted by atomic mass is 9.98. The number of ketones is 1. The molecule has 2 aliphatic heterocycles. The third kappa shape index (κ3) is 4.14. The minimum absolute atomic E-state index is 0.0477. The summed E-state index contributed by atoms with van der Waals surface area (Å²) in [5.74, 6) is -0.529. The maximum absolute atomic E-state index is 13.3. The number of benzene rings is 2. The summed E-state index contributed by atoms with van der Waals surface area (Å²) in [6.07, 6.45) is 5.06. The number of nitrogens with zero attached hydrogens (tertiary/aromatic N) is 4. The van der Waals surface area contributed by atoms with Crippen molar-refractivity contribution in [3.63, 3.8) is 0 Å². The predicted octanol–water partition coefficient (Wildman–Crippen LogP) is 4.36. The highest BCUT2D eigenvalue weighted by Crippen LogP contribution is 2.36. The van der Waals surface area contributed by atoms with E-state index in [0.29, 0.717) is 54.3 Å². The predicted molar refractivity (Wildman–Crippen MR) is 144 cm³/mol. The van der Waals surface area contributed by atoms with Crippen molar-refractivity contribution >= 4 is 40.3 Å². The number of Topliss-reactive ketones (excluding diaryl/α,β-unsaturated/α-hetero) is 1. The van der Waals surface area contributed by atoms with Crippen molar-refractivity contribution in [3.05, 3.63) is 95.6 Å². The Labute approximate surface area is 219 Å². The summed E-state index contributed by atoms with van der Waals surface area (Å²) in [4.78, 5) is 51.2. The number of morpholine rings is 1. The van der Waals surface area contributed by atoms with Crippen molar-refractivity contribution in [2.75, 3.05) is 31.2 Å². The van der Waals surface area contributed by atoms with E-state index in [0.717, 1.165) is 16.5 Å². The van der Waals surface area contributed by atoms with E-state index >= 15 is 0 Å². The van der Waals surface area contributed by atoms with Crippen LogP contribution >= 0.6 is 0 Å². The van der Waals surface area contributed by atoms with Gasteiger partial charge in [-0.3, -0.25) is 24.3 Å². The first-order chi connectivity index (χ1) is 18.5. The number of ether oxygens (including phenoxy) is 1. The highest BCUT2D eigenvalue weighted by Gasteiger charge is 2.34. The van der Waals surface area contributed by atoms with Gasteiger partial charge in [0, 0.05) is 48.9 Å². The number of allylic oxidation sites excluding steroid dienone is 1. The molecule has 2 aromatic heterocycles. The molecular formula is C30H24N4O4. The van der Waals surface area contributed by atoms with E-state index < -0.39 is 0 Å². The van der Waals surface area contributed by atoms with Crippen LogP contribution in [0.2, 0.25) is 0 Å². The molecule has 188 valence electrons. The van der Waals surface area contributed by atoms with Crippen molar-refractivity contribution in [1.29, 1.82) is 0 Å². The van der Waals surface area contributed by atoms with Crippen molar-refractivity contribution in [3.8, 4) is 11.1 Å². The molecule has 0 aliphatic carbocycles. The molecule has 0 unspecified atom stereocenters. The first-order valence-electron chi connectivity index (χ1n) is 12.4. The molecule has 4 heterocycles. The third-order valence-electron chi connectivity index (χ3n) is 6.83. The molecule has 2 aliphatic rings. The Balaban J connectivity index is 1.49. The Hall–Kier alpha value is -4.69. The number of para-hydroxylation sites is 1. The zero-order valence-electron chi connectivity index (χ0n) is 20.8. The molecule has 4 aromatic rings. The van der Waals surface area contributed by atoms with Gasteiger partial charge in [-0.25, -0.2) is 4.98 Å². The number of rotatable bonds is 3. The van der Waals surface area contributed by atoms with Crippen molar-refractivity contribution < 1.29 is 19.1 Å². The first kappa shape index (κ1) is 23.7. The number of fused-ring (bicyclic) bond motifs is 2. The summed E-state index contributed by atoms with van der Waals surface area (Å²) in [6.45, 7) is 3.61. The molecule has 1 fully saturated rings. The average Bonchev–Trinajstić information content (AvgIpc) is 3.24. The summed E-state index contributed by atoms with van der Waals surface area (Å²) in [6, 6.07) is 18.2. The van der Waals surface area contributed by atoms with Crippen LogP contribution in [0.1, 0.15) is 33.3 Å². The molecule has 6 rings (SSSR count). The fraction of sp³-hybridized carbons (Fsp3) is 0.167. The van der Waals surface area contributed by atoms with E-state index in [-0.39, 0.29) is 23.3 Å². The number of aromatic nitrogens is 2. The Morgan fingerprint density at radius 1 is 0.947 bits per heavy atom. The average molecular weight is 505 g/mol. The van der Waals surface area contributed by atoms with Gasteiger partial charge >= 0.3 is 0 Å². The van der Waals surface area contributed by atoms with Crippen LogP contribution in [0.4, 0.5) is 5.69 Å². The normalized spacial score (nSPS) is 16.2. The number of amides is 2. The fourth-order valence-electron chi connectivity index (χ4n) is 5.01. The third-order valence-corrected chi connectivity index (χ3v) is 6.83. The molecule has 0 atom stereocenters. The fourth-order valence-corrected chi connectivity index (χ4v) is 5.01. The van der Waals surface area contributed by atoms with E-state index in [4.69, 9.17) is 9.72 Å². The van der Waals surface area contributed by atoms with Crippen molar-refractivity contribution in [2.45, 2.75) is 6.92 Å². The topological polar surface area (TPSA) is 92.7 Å². The number of carbonyl (C=O) groups excluding carboxylic acids is 3. The maximum Gasteiger partial charge on any atom is 0.254 e. The molecule has 0 spiro atoms. The molecule has 38 heavy (non-hydrogen) atoms. The van der Waals surface area contributed by atoms with Gasteiger partial charge < -0.3 is 9.64 Å². The van der Waals surface area contributed by atoms with Crippen LogP contribution in [-0.2, 0) is 9.53 Å². The highest BCUT2D eigenvalue weighted by atomic mass is 16.5. The summed E-state index contributed by atoms with van der Waals surface area (Å²) in [7, 11) is 0. The lowest BCUT2D eigenvalue weighted by Crippen LogP contribution is -2.40. The van der Waals surface area contributed by atoms with Gasteiger partial charge in [-0.1, -0.05) is 12.1 Å². The zero-order valence-corrected chi connectivity index (χ0v) is 20.8. The summed E-state index contributed by atoms with van der Waals surface area (Å²) in [5.41, 5.74) is 4.82. The van der Waals surface area contributed by atoms with E-state index in [1.165, 1.54) is 11.8 Å². The minimum Gasteiger partial charge on any atom is -0.378 e. The van der Waals surface area contributed by atoms with Crippen LogP contribution in [-0.4, -0.2) is 58.8 Å². The number of pyridine rings is 2. The molecule has 1 saturated heterocycles. The number of carbonyl (C=O) groups is 3. The molecule has 8 nitrogen and oxygen atoms in total. The second-order valence-electron chi connectivity index (χ2n) is 9.20. The lowest BCUT2D eigenvalue weighted by Gasteiger charge is -2.27. The van der Waals surface area contributed by atoms with Gasteiger partial charge in [-0.05, 0) is 65.7 Å². The smallest absolute Gasteiger partial charge is 0.254 e. The van der Waals surface area contributed by atoms with Gasteiger partial charge in [0.1, 0.15) is 0 Å². The van der Waals surface area contributed by atoms with Crippen LogP contribution in [0.15, 0.2) is 78.8 Å². The van der Waals surface area contributed by atoms with Gasteiger partial charge in [0.15, 0.2) is 0 Å². The van der Waals surface area contributed by atoms with Crippen LogP contribution in [0, 0.1) is 0 Å². The quantitative estimate of drug-likeness (QED) is 0.385. The molecule has 0 bridgehead atoms. The maximum atomic E-state index is 13.3. The molecule has 8 heteroatoms. The number of hydrogen-bond donors (Lipinski definition) is 0. The van der Waals surface area contributed by atoms with E-state index in [1.807, 2.05) is 30.3 Å². The van der Waals surface area contributed by atoms with Gasteiger partial charge in [0.05, 0.1) is 35.8 Å². The summed E-state index contributed by atoms with van der Waals surface area (Å²) < 4.78 is 5.39. The number of hydrogen-bond acceptors (Lipinski definition) is 6.